The van der Waals surface area contributed by atoms with Crippen molar-refractivity contribution in [2.24, 2.45) is 11.8 Å². The summed E-state index contributed by atoms with van der Waals surface area (Å²) in [6, 6.07) is 17.4. The summed E-state index contributed by atoms with van der Waals surface area (Å²) >= 11 is 0. The Balaban J connectivity index is 1.95. The highest BCUT2D eigenvalue weighted by atomic mass is 16.1. The van der Waals surface area contributed by atoms with Gasteiger partial charge in [0.05, 0.1) is 0 Å². The number of benzene rings is 2. The molecule has 2 aromatic carbocycles. The van der Waals surface area contributed by atoms with Crippen molar-refractivity contribution in [2.45, 2.75) is 31.6 Å². The van der Waals surface area contributed by atoms with Gasteiger partial charge in [0.1, 0.15) is 6.29 Å². The molecule has 2 atom stereocenters. The van der Waals surface area contributed by atoms with Gasteiger partial charge >= 0.3 is 0 Å². The zero-order chi connectivity index (χ0) is 20.8. The number of hydrogen-bond acceptors (Lipinski definition) is 3. The van der Waals surface area contributed by atoms with Crippen LogP contribution in [0.2, 0.25) is 0 Å². The number of hydrogen-bond donors (Lipinski definition) is 0. The van der Waals surface area contributed by atoms with Crippen molar-refractivity contribution >= 4 is 17.7 Å². The molecule has 0 saturated carbocycles. The van der Waals surface area contributed by atoms with Gasteiger partial charge < -0.3 is 14.6 Å². The second kappa shape index (κ2) is 9.78. The molecule has 154 valence electrons. The van der Waals surface area contributed by atoms with Gasteiger partial charge in [-0.05, 0) is 67.0 Å². The summed E-state index contributed by atoms with van der Waals surface area (Å²) in [5.41, 5.74) is 4.77. The smallest absolute Gasteiger partial charge is 0.124 e. The lowest BCUT2D eigenvalue weighted by atomic mass is 9.75. The van der Waals surface area contributed by atoms with Crippen molar-refractivity contribution in [2.75, 3.05) is 38.0 Å². The van der Waals surface area contributed by atoms with Gasteiger partial charge in [-0.2, -0.15) is 0 Å². The molecular formula is C26H34N2O. The van der Waals surface area contributed by atoms with E-state index in [0.29, 0.717) is 5.92 Å². The first-order chi connectivity index (χ1) is 14.0. The summed E-state index contributed by atoms with van der Waals surface area (Å²) in [6.07, 6.45) is 10.3. The minimum Gasteiger partial charge on any atom is -0.378 e. The number of rotatable bonds is 8. The fourth-order valence-electron chi connectivity index (χ4n) is 4.35. The van der Waals surface area contributed by atoms with Crippen molar-refractivity contribution in [3.05, 3.63) is 71.8 Å². The van der Waals surface area contributed by atoms with Crippen LogP contribution in [0.25, 0.3) is 0 Å². The maximum Gasteiger partial charge on any atom is 0.124 e. The summed E-state index contributed by atoms with van der Waals surface area (Å²) < 4.78 is 0. The van der Waals surface area contributed by atoms with Crippen LogP contribution >= 0.6 is 0 Å². The van der Waals surface area contributed by atoms with Gasteiger partial charge in [0.2, 0.25) is 0 Å². The number of carbonyl (C=O) groups is 1. The first kappa shape index (κ1) is 21.2. The summed E-state index contributed by atoms with van der Waals surface area (Å²) in [6.45, 7) is 0. The fourth-order valence-corrected chi connectivity index (χ4v) is 4.35. The van der Waals surface area contributed by atoms with Crippen molar-refractivity contribution < 1.29 is 4.79 Å². The highest BCUT2D eigenvalue weighted by molar-refractivity contribution is 5.60. The molecule has 0 aliphatic heterocycles. The van der Waals surface area contributed by atoms with Crippen molar-refractivity contribution in [3.63, 3.8) is 0 Å². The molecule has 1 aliphatic rings. The highest BCUT2D eigenvalue weighted by Crippen LogP contribution is 2.37. The summed E-state index contributed by atoms with van der Waals surface area (Å²) in [4.78, 5) is 16.5. The molecule has 2 unspecified atom stereocenters. The minimum atomic E-state index is -0.0295. The molecule has 0 radical (unpaired) electrons. The van der Waals surface area contributed by atoms with Gasteiger partial charge in [-0.25, -0.2) is 0 Å². The van der Waals surface area contributed by atoms with E-state index in [0.717, 1.165) is 6.42 Å². The van der Waals surface area contributed by atoms with Crippen LogP contribution in [-0.2, 0) is 4.79 Å². The zero-order valence-corrected chi connectivity index (χ0v) is 18.2. The first-order valence-corrected chi connectivity index (χ1v) is 10.7. The van der Waals surface area contributed by atoms with Crippen molar-refractivity contribution in [1.82, 2.24) is 0 Å². The molecule has 3 rings (SSSR count). The predicted molar refractivity (Wildman–Crippen MR) is 124 cm³/mol. The number of nitrogens with zero attached hydrogens (tertiary/aromatic N) is 2. The Morgan fingerprint density at radius 1 is 0.897 bits per heavy atom. The molecule has 0 N–H and O–H groups in total. The summed E-state index contributed by atoms with van der Waals surface area (Å²) in [5.74, 6) is 0.553. The molecule has 0 amide bonds. The van der Waals surface area contributed by atoms with Gasteiger partial charge in [0, 0.05) is 51.4 Å². The number of aldehydes is 1. The second-order valence-corrected chi connectivity index (χ2v) is 8.60. The van der Waals surface area contributed by atoms with Gasteiger partial charge in [-0.3, -0.25) is 0 Å². The predicted octanol–water partition coefficient (Wildman–Crippen LogP) is 5.51. The van der Waals surface area contributed by atoms with Crippen LogP contribution in [0.5, 0.6) is 0 Å². The fraction of sp³-hybridized carbons (Fsp3) is 0.423. The van der Waals surface area contributed by atoms with E-state index in [4.69, 9.17) is 0 Å². The lowest BCUT2D eigenvalue weighted by Gasteiger charge is -2.28. The standard InChI is InChI=1S/C26H34N2O/c1-27(2)24-14-10-21(11-15-24)26(22-12-16-25(17-13-22)28(3)4)23(19-29)18-20-8-6-5-7-9-20/h6,8,10-17,19-20,23,26H,5,7,9,18H2,1-4H3. The van der Waals surface area contributed by atoms with E-state index in [-0.39, 0.29) is 11.8 Å². The lowest BCUT2D eigenvalue weighted by Crippen LogP contribution is -2.20. The maximum atomic E-state index is 12.3. The van der Waals surface area contributed by atoms with Crippen LogP contribution in [0.15, 0.2) is 60.7 Å². The lowest BCUT2D eigenvalue weighted by molar-refractivity contribution is -0.111. The van der Waals surface area contributed by atoms with Crippen LogP contribution in [0.1, 0.15) is 42.7 Å². The Kier molecular flexibility index (Phi) is 7.13. The van der Waals surface area contributed by atoms with Gasteiger partial charge in [0.15, 0.2) is 0 Å². The second-order valence-electron chi connectivity index (χ2n) is 8.60. The zero-order valence-electron chi connectivity index (χ0n) is 18.2. The van der Waals surface area contributed by atoms with Crippen LogP contribution in [0, 0.1) is 11.8 Å². The van der Waals surface area contributed by atoms with Crippen LogP contribution in [0.4, 0.5) is 11.4 Å². The number of carbonyl (C=O) groups excluding carboxylic acids is 1. The monoisotopic (exact) mass is 390 g/mol. The molecule has 0 heterocycles. The highest BCUT2D eigenvalue weighted by Gasteiger charge is 2.27. The summed E-state index contributed by atoms with van der Waals surface area (Å²) in [7, 11) is 8.21. The van der Waals surface area contributed by atoms with Crippen LogP contribution in [-0.4, -0.2) is 34.5 Å². The number of anilines is 2. The molecular weight excluding hydrogens is 356 g/mol. The third-order valence-electron chi connectivity index (χ3n) is 6.07. The van der Waals surface area contributed by atoms with Crippen molar-refractivity contribution in [1.29, 1.82) is 0 Å². The third kappa shape index (κ3) is 5.29. The Bertz CT molecular complexity index is 754. The quantitative estimate of drug-likeness (QED) is 0.438. The van der Waals surface area contributed by atoms with Crippen LogP contribution in [0.3, 0.4) is 0 Å². The largest absolute Gasteiger partial charge is 0.378 e. The van der Waals surface area contributed by atoms with Gasteiger partial charge in [0.25, 0.3) is 0 Å². The van der Waals surface area contributed by atoms with E-state index in [9.17, 15) is 4.79 Å². The van der Waals surface area contributed by atoms with Gasteiger partial charge in [-0.1, -0.05) is 36.4 Å². The van der Waals surface area contributed by atoms with Crippen molar-refractivity contribution in [3.8, 4) is 0 Å². The first-order valence-electron chi connectivity index (χ1n) is 10.7. The Morgan fingerprint density at radius 3 is 1.79 bits per heavy atom. The third-order valence-corrected chi connectivity index (χ3v) is 6.07. The molecule has 0 bridgehead atoms. The normalized spacial score (nSPS) is 17.2. The molecule has 0 fully saturated rings. The van der Waals surface area contributed by atoms with E-state index in [1.807, 2.05) is 0 Å². The Hall–Kier alpha value is -2.55. The van der Waals surface area contributed by atoms with E-state index in [2.05, 4.69) is 98.7 Å². The molecule has 0 aromatic heterocycles. The van der Waals surface area contributed by atoms with E-state index >= 15 is 0 Å². The van der Waals surface area contributed by atoms with Crippen LogP contribution < -0.4 is 9.80 Å². The Labute approximate surface area is 176 Å². The maximum absolute atomic E-state index is 12.3. The number of allylic oxidation sites excluding steroid dienone is 2. The van der Waals surface area contributed by atoms with E-state index in [1.165, 1.54) is 48.1 Å². The molecule has 2 aromatic rings. The van der Waals surface area contributed by atoms with E-state index < -0.39 is 0 Å². The molecule has 1 aliphatic carbocycles. The molecule has 3 nitrogen and oxygen atoms in total. The Morgan fingerprint density at radius 2 is 1.41 bits per heavy atom. The average molecular weight is 391 g/mol. The topological polar surface area (TPSA) is 23.6 Å². The molecule has 0 spiro atoms. The molecule has 29 heavy (non-hydrogen) atoms. The summed E-state index contributed by atoms with van der Waals surface area (Å²) in [5, 5.41) is 0. The average Bonchev–Trinajstić information content (AvgIpc) is 2.74. The minimum absolute atomic E-state index is 0.0295. The van der Waals surface area contributed by atoms with E-state index in [1.54, 1.807) is 0 Å². The molecule has 0 saturated heterocycles. The SMILES string of the molecule is CN(C)c1ccc(C(c2ccc(N(C)C)cc2)C(C=O)CC2C=CCCC2)cc1. The molecule has 3 heteroatoms. The van der Waals surface area contributed by atoms with Gasteiger partial charge in [-0.15, -0.1) is 0 Å².